The maximum atomic E-state index is 12.1. The van der Waals surface area contributed by atoms with E-state index in [4.69, 9.17) is 10.2 Å². The Hall–Kier alpha value is -1.31. The summed E-state index contributed by atoms with van der Waals surface area (Å²) in [6.07, 6.45) is 0. The highest BCUT2D eigenvalue weighted by Crippen LogP contribution is 2.24. The van der Waals surface area contributed by atoms with Gasteiger partial charge in [-0.15, -0.1) is 0 Å². The van der Waals surface area contributed by atoms with Gasteiger partial charge in [0.1, 0.15) is 11.5 Å². The number of nitrogens with two attached hydrogens (primary N) is 1. The van der Waals surface area contributed by atoms with Crippen molar-refractivity contribution in [3.05, 3.63) is 46.3 Å². The summed E-state index contributed by atoms with van der Waals surface area (Å²) in [5, 5.41) is 0. The summed E-state index contributed by atoms with van der Waals surface area (Å²) in [5.41, 5.74) is 6.07. The van der Waals surface area contributed by atoms with Crippen LogP contribution in [0.1, 0.15) is 11.5 Å². The third-order valence-electron chi connectivity index (χ3n) is 2.48. The van der Waals surface area contributed by atoms with E-state index in [0.29, 0.717) is 15.9 Å². The Labute approximate surface area is 120 Å². The second-order valence-electron chi connectivity index (χ2n) is 4.03. The second-order valence-corrected chi connectivity index (χ2v) is 6.62. The van der Waals surface area contributed by atoms with E-state index >= 15 is 0 Å². The van der Waals surface area contributed by atoms with Gasteiger partial charge in [-0.1, -0.05) is 0 Å². The molecule has 2 aromatic rings. The maximum Gasteiger partial charge on any atom is 0.242 e. The Morgan fingerprint density at radius 1 is 1.32 bits per heavy atom. The summed E-state index contributed by atoms with van der Waals surface area (Å²) in [6, 6.07) is 8.05. The molecule has 0 amide bonds. The third kappa shape index (κ3) is 3.37. The van der Waals surface area contributed by atoms with Crippen molar-refractivity contribution in [2.75, 3.05) is 5.73 Å². The van der Waals surface area contributed by atoms with Gasteiger partial charge in [0.05, 0.1) is 11.4 Å². The highest BCUT2D eigenvalue weighted by Gasteiger charge is 2.17. The van der Waals surface area contributed by atoms with Crippen LogP contribution in [0.25, 0.3) is 0 Å². The fraction of sp³-hybridized carbons (Fsp3) is 0.167. The van der Waals surface area contributed by atoms with Crippen LogP contribution in [0.5, 0.6) is 0 Å². The van der Waals surface area contributed by atoms with Crippen molar-refractivity contribution in [1.29, 1.82) is 0 Å². The summed E-state index contributed by atoms with van der Waals surface area (Å²) in [6.45, 7) is 1.90. The fourth-order valence-electron chi connectivity index (χ4n) is 1.56. The molecule has 0 saturated heterocycles. The topological polar surface area (TPSA) is 85.3 Å². The fourth-order valence-corrected chi connectivity index (χ4v) is 3.65. The van der Waals surface area contributed by atoms with Crippen LogP contribution < -0.4 is 10.5 Å². The van der Waals surface area contributed by atoms with Gasteiger partial charge in [-0.3, -0.25) is 0 Å². The molecule has 0 aliphatic heterocycles. The van der Waals surface area contributed by atoms with E-state index < -0.39 is 10.0 Å². The molecule has 0 fully saturated rings. The first-order chi connectivity index (χ1) is 8.88. The molecule has 1 aromatic heterocycles. The number of rotatable bonds is 4. The monoisotopic (exact) mass is 344 g/mol. The van der Waals surface area contributed by atoms with Crippen LogP contribution >= 0.6 is 15.9 Å². The average molecular weight is 345 g/mol. The lowest BCUT2D eigenvalue weighted by atomic mass is 10.3. The molecule has 0 aliphatic rings. The molecule has 0 bridgehead atoms. The van der Waals surface area contributed by atoms with Gasteiger partial charge in [-0.2, -0.15) is 0 Å². The van der Waals surface area contributed by atoms with E-state index in [9.17, 15) is 8.42 Å². The molecular weight excluding hydrogens is 332 g/mol. The van der Waals surface area contributed by atoms with Gasteiger partial charge in [-0.25, -0.2) is 13.1 Å². The lowest BCUT2D eigenvalue weighted by molar-refractivity contribution is 0.475. The van der Waals surface area contributed by atoms with Crippen LogP contribution in [0.3, 0.4) is 0 Å². The smallest absolute Gasteiger partial charge is 0.242 e. The van der Waals surface area contributed by atoms with Crippen LogP contribution in [0.15, 0.2) is 44.1 Å². The van der Waals surface area contributed by atoms with Crippen LogP contribution in [0.4, 0.5) is 5.69 Å². The lowest BCUT2D eigenvalue weighted by Gasteiger charge is -2.08. The summed E-state index contributed by atoms with van der Waals surface area (Å²) in [7, 11) is -3.61. The first-order valence-corrected chi connectivity index (χ1v) is 7.76. The van der Waals surface area contributed by atoms with Crippen molar-refractivity contribution in [2.45, 2.75) is 18.4 Å². The van der Waals surface area contributed by atoms with Crippen molar-refractivity contribution in [3.63, 3.8) is 0 Å². The molecule has 1 heterocycles. The van der Waals surface area contributed by atoms with Crippen LogP contribution in [0, 0.1) is 6.92 Å². The van der Waals surface area contributed by atoms with Gasteiger partial charge in [-0.05, 0) is 53.2 Å². The summed E-state index contributed by atoms with van der Waals surface area (Å²) in [4.78, 5) is 0.143. The number of anilines is 1. The van der Waals surface area contributed by atoms with Gasteiger partial charge in [0.15, 0.2) is 0 Å². The molecule has 0 aliphatic carbocycles. The zero-order chi connectivity index (χ0) is 14.0. The van der Waals surface area contributed by atoms with Crippen molar-refractivity contribution < 1.29 is 12.8 Å². The number of nitrogens with one attached hydrogen (secondary N) is 1. The second kappa shape index (κ2) is 5.36. The van der Waals surface area contributed by atoms with Gasteiger partial charge >= 0.3 is 0 Å². The van der Waals surface area contributed by atoms with Crippen LogP contribution in [-0.4, -0.2) is 8.42 Å². The predicted octanol–water partition coefficient (Wildman–Crippen LogP) is 2.41. The molecule has 7 heteroatoms. The normalized spacial score (nSPS) is 11.7. The molecule has 19 heavy (non-hydrogen) atoms. The summed E-state index contributed by atoms with van der Waals surface area (Å²) < 4.78 is 32.4. The summed E-state index contributed by atoms with van der Waals surface area (Å²) >= 11 is 3.19. The van der Waals surface area contributed by atoms with E-state index in [1.807, 2.05) is 0 Å². The minimum absolute atomic E-state index is 0.104. The number of hydrogen-bond acceptors (Lipinski definition) is 4. The molecule has 2 rings (SSSR count). The lowest BCUT2D eigenvalue weighted by Crippen LogP contribution is -2.23. The Kier molecular flexibility index (Phi) is 3.98. The number of aryl methyl sites for hydroxylation is 1. The molecule has 0 spiro atoms. The van der Waals surface area contributed by atoms with Gasteiger partial charge < -0.3 is 10.2 Å². The minimum Gasteiger partial charge on any atom is -0.465 e. The number of sulfonamides is 1. The van der Waals surface area contributed by atoms with E-state index in [1.165, 1.54) is 12.1 Å². The SMILES string of the molecule is Cc1ccc(CNS(=O)(=O)c2ccc(N)cc2Br)o1. The predicted molar refractivity (Wildman–Crippen MR) is 76.0 cm³/mol. The molecule has 0 radical (unpaired) electrons. The number of halogens is 1. The molecule has 1 aromatic carbocycles. The van der Waals surface area contributed by atoms with E-state index in [1.54, 1.807) is 25.1 Å². The van der Waals surface area contributed by atoms with Crippen molar-refractivity contribution in [1.82, 2.24) is 4.72 Å². The number of benzene rings is 1. The Morgan fingerprint density at radius 2 is 2.05 bits per heavy atom. The molecule has 0 unspecified atom stereocenters. The van der Waals surface area contributed by atoms with E-state index in [2.05, 4.69) is 20.7 Å². The molecule has 0 saturated carbocycles. The highest BCUT2D eigenvalue weighted by atomic mass is 79.9. The third-order valence-corrected chi connectivity index (χ3v) is 4.86. The van der Waals surface area contributed by atoms with Crippen molar-refractivity contribution in [2.24, 2.45) is 0 Å². The number of furan rings is 1. The standard InChI is InChI=1S/C12H13BrN2O3S/c1-8-2-4-10(18-8)7-15-19(16,17)12-5-3-9(14)6-11(12)13/h2-6,15H,7,14H2,1H3. The van der Waals surface area contributed by atoms with E-state index in [-0.39, 0.29) is 11.4 Å². The van der Waals surface area contributed by atoms with Gasteiger partial charge in [0.2, 0.25) is 10.0 Å². The Bertz CT molecular complexity index is 695. The average Bonchev–Trinajstić information content (AvgIpc) is 2.72. The minimum atomic E-state index is -3.61. The largest absolute Gasteiger partial charge is 0.465 e. The zero-order valence-electron chi connectivity index (χ0n) is 10.2. The van der Waals surface area contributed by atoms with Gasteiger partial charge in [0, 0.05) is 10.2 Å². The zero-order valence-corrected chi connectivity index (χ0v) is 12.6. The Balaban J connectivity index is 2.18. The quantitative estimate of drug-likeness (QED) is 0.834. The van der Waals surface area contributed by atoms with Crippen LogP contribution in [-0.2, 0) is 16.6 Å². The summed E-state index contributed by atoms with van der Waals surface area (Å²) in [5.74, 6) is 1.30. The first kappa shape index (κ1) is 14.1. The first-order valence-electron chi connectivity index (χ1n) is 5.48. The Morgan fingerprint density at radius 3 is 2.63 bits per heavy atom. The maximum absolute atomic E-state index is 12.1. The van der Waals surface area contributed by atoms with E-state index in [0.717, 1.165) is 5.76 Å². The van der Waals surface area contributed by atoms with Crippen molar-refractivity contribution >= 4 is 31.6 Å². The molecule has 5 nitrogen and oxygen atoms in total. The molecular formula is C12H13BrN2O3S. The highest BCUT2D eigenvalue weighted by molar-refractivity contribution is 9.10. The number of nitrogen functional groups attached to an aromatic ring is 1. The van der Waals surface area contributed by atoms with Crippen molar-refractivity contribution in [3.8, 4) is 0 Å². The molecule has 0 atom stereocenters. The molecule has 102 valence electrons. The number of hydrogen-bond donors (Lipinski definition) is 2. The molecule has 3 N–H and O–H groups in total. The van der Waals surface area contributed by atoms with Gasteiger partial charge in [0.25, 0.3) is 0 Å². The van der Waals surface area contributed by atoms with Crippen LogP contribution in [0.2, 0.25) is 0 Å².